The van der Waals surface area contributed by atoms with Crippen LogP contribution in [0.1, 0.15) is 52.5 Å². The van der Waals surface area contributed by atoms with E-state index >= 15 is 0 Å². The molecule has 14 heteroatoms. The number of anilines is 1. The van der Waals surface area contributed by atoms with E-state index in [-0.39, 0.29) is 52.7 Å². The van der Waals surface area contributed by atoms with Gasteiger partial charge in [0, 0.05) is 18.5 Å². The summed E-state index contributed by atoms with van der Waals surface area (Å²) in [7, 11) is 5.21. The molecule has 0 amide bonds. The minimum absolute atomic E-state index is 0.0541. The molecule has 2 aliphatic heterocycles. The summed E-state index contributed by atoms with van der Waals surface area (Å²) in [5, 5.41) is 3.06. The highest BCUT2D eigenvalue weighted by atomic mass is 32.1. The first-order valence-electron chi connectivity index (χ1n) is 15.8. The van der Waals surface area contributed by atoms with Crippen LogP contribution in [0.15, 0.2) is 24.3 Å². The number of carbonyl (C=O) groups excluding carboxylic acids is 4. The molecule has 3 N–H and O–H groups in total. The molecule has 1 aromatic rings. The molecule has 1 aromatic carbocycles. The Bertz CT molecular complexity index is 1300. The number of hydrogen-bond acceptors (Lipinski definition) is 10. The predicted octanol–water partition coefficient (Wildman–Crippen LogP) is 1.92. The first-order chi connectivity index (χ1) is 21.6. The van der Waals surface area contributed by atoms with Crippen LogP contribution < -0.4 is 11.1 Å². The lowest BCUT2D eigenvalue weighted by molar-refractivity contribution is -1.02. The second kappa shape index (κ2) is 15.1. The van der Waals surface area contributed by atoms with Crippen molar-refractivity contribution in [3.05, 3.63) is 29.8 Å². The summed E-state index contributed by atoms with van der Waals surface area (Å²) >= 11 is 4.99. The lowest BCUT2D eigenvalue weighted by Crippen LogP contribution is -2.76. The van der Waals surface area contributed by atoms with Gasteiger partial charge in [0.05, 0.1) is 40.8 Å². The summed E-state index contributed by atoms with van der Waals surface area (Å²) in [6, 6.07) is 6.93. The second-order valence-corrected chi connectivity index (χ2v) is 13.3. The Kier molecular flexibility index (Phi) is 12.1. The number of thiocarbonyl (C=S) groups is 1. The molecule has 0 aromatic heterocycles. The first-order valence-corrected chi connectivity index (χ1v) is 16.3. The van der Waals surface area contributed by atoms with Gasteiger partial charge in [0.25, 0.3) is 0 Å². The Morgan fingerprint density at radius 1 is 1.15 bits per heavy atom. The summed E-state index contributed by atoms with van der Waals surface area (Å²) in [5.74, 6) is -1.60. The number of nitrogens with one attached hydrogen (secondary N) is 1. The molecule has 256 valence electrons. The Labute approximate surface area is 277 Å². The standard InChI is InChI=1S/C32H50N5O8S/c1-8-16-37(6)21-29(41)45-32(37,22-43-26(38)9-2)25(18-23-11-13-24(14-12-23)34-30(33)46)36(5,20-28(40)42-7)17-15-35-19-27(39)44-31(35,4)10-3/h11-14,25H,8-10,15-22H2,1-7H3,(H2-,33,34,46)/q+1/p+1/t25-,31+,32+,36?,37?/m0/s1. The second-order valence-electron chi connectivity index (χ2n) is 12.9. The Morgan fingerprint density at radius 3 is 2.39 bits per heavy atom. The molecular weight excluding hydrogens is 614 g/mol. The molecule has 2 fully saturated rings. The van der Waals surface area contributed by atoms with Gasteiger partial charge >= 0.3 is 29.6 Å². The fourth-order valence-electron chi connectivity index (χ4n) is 6.80. The van der Waals surface area contributed by atoms with E-state index in [1.807, 2.05) is 64.0 Å². The minimum Gasteiger partial charge on any atom is -0.465 e. The topological polar surface area (TPSA) is 146 Å². The smallest absolute Gasteiger partial charge is 0.366 e. The van der Waals surface area contributed by atoms with Gasteiger partial charge in [-0.2, -0.15) is 0 Å². The van der Waals surface area contributed by atoms with Gasteiger partial charge < -0.3 is 34.5 Å². The van der Waals surface area contributed by atoms with Crippen molar-refractivity contribution in [3.8, 4) is 0 Å². The van der Waals surface area contributed by atoms with Crippen LogP contribution in [0.3, 0.4) is 0 Å². The van der Waals surface area contributed by atoms with E-state index in [1.165, 1.54) is 7.11 Å². The van der Waals surface area contributed by atoms with E-state index in [1.54, 1.807) is 6.92 Å². The number of nitrogens with two attached hydrogens (primary N) is 1. The molecule has 5 atom stereocenters. The number of hydrogen-bond donors (Lipinski definition) is 2. The molecule has 2 saturated heterocycles. The zero-order chi connectivity index (χ0) is 34.3. The zero-order valence-electron chi connectivity index (χ0n) is 28.3. The maximum atomic E-state index is 13.3. The number of esters is 4. The largest absolute Gasteiger partial charge is 0.465 e. The molecule has 0 spiro atoms. The van der Waals surface area contributed by atoms with Crippen LogP contribution in [0, 0.1) is 0 Å². The summed E-state index contributed by atoms with van der Waals surface area (Å²) in [6.07, 6.45) is 1.80. The molecule has 0 aliphatic carbocycles. The quantitative estimate of drug-likeness (QED) is 0.115. The van der Waals surface area contributed by atoms with Crippen molar-refractivity contribution in [2.75, 3.05) is 72.4 Å². The SMILES string of the molecule is CCC[N+]1(C)CC(=O)O[C@]1(COC(=O)CC)[C@H](Cc1ccc(NC(N)=S)cc1)[N+](C)(CCN1CC(=O)O[C@]1(C)CC)CC(=O)OC. The molecule has 0 radical (unpaired) electrons. The predicted molar refractivity (Wildman–Crippen MR) is 175 cm³/mol. The van der Waals surface area contributed by atoms with Gasteiger partial charge in [0.15, 0.2) is 36.6 Å². The molecule has 2 aliphatic rings. The maximum absolute atomic E-state index is 13.3. The third kappa shape index (κ3) is 8.14. The highest BCUT2D eigenvalue weighted by Gasteiger charge is 2.69. The third-order valence-corrected chi connectivity index (χ3v) is 9.73. The van der Waals surface area contributed by atoms with Crippen LogP contribution in [0.2, 0.25) is 0 Å². The molecule has 13 nitrogen and oxygen atoms in total. The van der Waals surface area contributed by atoms with Crippen molar-refractivity contribution < 1.29 is 47.1 Å². The molecule has 0 bridgehead atoms. The van der Waals surface area contributed by atoms with Crippen LogP contribution in [-0.4, -0.2) is 127 Å². The van der Waals surface area contributed by atoms with E-state index in [9.17, 15) is 19.2 Å². The number of nitrogens with zero attached hydrogens (tertiary/aromatic N) is 3. The van der Waals surface area contributed by atoms with Gasteiger partial charge in [-0.3, -0.25) is 14.1 Å². The van der Waals surface area contributed by atoms with Gasteiger partial charge in [-0.25, -0.2) is 14.5 Å². The van der Waals surface area contributed by atoms with Crippen molar-refractivity contribution in [2.45, 2.75) is 70.9 Å². The van der Waals surface area contributed by atoms with Crippen molar-refractivity contribution in [1.29, 1.82) is 0 Å². The number of likely N-dealkylation sites (N-methyl/N-ethyl adjacent to an activating group) is 2. The van der Waals surface area contributed by atoms with E-state index in [0.717, 1.165) is 12.0 Å². The third-order valence-electron chi connectivity index (χ3n) is 9.63. The molecule has 3 rings (SSSR count). The monoisotopic (exact) mass is 665 g/mol. The number of rotatable bonds is 16. The van der Waals surface area contributed by atoms with E-state index in [0.29, 0.717) is 38.2 Å². The van der Waals surface area contributed by atoms with Crippen molar-refractivity contribution in [3.63, 3.8) is 0 Å². The Morgan fingerprint density at radius 2 is 1.83 bits per heavy atom. The van der Waals surface area contributed by atoms with Crippen LogP contribution in [0.25, 0.3) is 0 Å². The fourth-order valence-corrected chi connectivity index (χ4v) is 6.92. The van der Waals surface area contributed by atoms with Crippen molar-refractivity contribution in [2.24, 2.45) is 5.73 Å². The summed E-state index contributed by atoms with van der Waals surface area (Å²) in [6.45, 7) is 8.80. The van der Waals surface area contributed by atoms with Crippen LogP contribution >= 0.6 is 12.2 Å². The van der Waals surface area contributed by atoms with Gasteiger partial charge in [-0.15, -0.1) is 0 Å². The molecule has 2 unspecified atom stereocenters. The fraction of sp³-hybridized carbons (Fsp3) is 0.656. The molecular formula is C32H51N5O8S+2. The molecule has 0 saturated carbocycles. The average Bonchev–Trinajstić information content (AvgIpc) is 3.44. The number of carbonyl (C=O) groups is 4. The first kappa shape index (κ1) is 37.1. The number of quaternary nitrogens is 2. The number of ether oxygens (including phenoxy) is 4. The summed E-state index contributed by atoms with van der Waals surface area (Å²) in [4.78, 5) is 53.5. The van der Waals surface area contributed by atoms with Gasteiger partial charge in [0.1, 0.15) is 6.54 Å². The van der Waals surface area contributed by atoms with Crippen LogP contribution in [0.5, 0.6) is 0 Å². The minimum atomic E-state index is -1.36. The summed E-state index contributed by atoms with van der Waals surface area (Å²) < 4.78 is 23.3. The highest BCUT2D eigenvalue weighted by Crippen LogP contribution is 2.42. The van der Waals surface area contributed by atoms with E-state index < -0.39 is 35.4 Å². The lowest BCUT2D eigenvalue weighted by Gasteiger charge is -2.52. The molecule has 46 heavy (non-hydrogen) atoms. The highest BCUT2D eigenvalue weighted by molar-refractivity contribution is 7.80. The number of cyclic esters (lactones) is 2. The van der Waals surface area contributed by atoms with Crippen LogP contribution in [0.4, 0.5) is 5.69 Å². The van der Waals surface area contributed by atoms with Crippen LogP contribution in [-0.2, 0) is 44.5 Å². The maximum Gasteiger partial charge on any atom is 0.366 e. The van der Waals surface area contributed by atoms with Gasteiger partial charge in [0.2, 0.25) is 0 Å². The van der Waals surface area contributed by atoms with E-state index in [4.69, 9.17) is 36.9 Å². The Balaban J connectivity index is 2.22. The van der Waals surface area contributed by atoms with Crippen molar-refractivity contribution >= 4 is 46.9 Å². The summed E-state index contributed by atoms with van der Waals surface area (Å²) in [5.41, 5.74) is 5.11. The zero-order valence-corrected chi connectivity index (χ0v) is 29.1. The number of benzene rings is 1. The normalized spacial score (nSPS) is 26.5. The van der Waals surface area contributed by atoms with Gasteiger partial charge in [-0.1, -0.05) is 32.9 Å². The van der Waals surface area contributed by atoms with Gasteiger partial charge in [-0.05, 0) is 49.7 Å². The Hall–Kier alpha value is -3.33. The van der Waals surface area contributed by atoms with Crippen molar-refractivity contribution in [1.82, 2.24) is 4.90 Å². The molecule has 2 heterocycles. The number of methoxy groups -OCH3 is 1. The average molecular weight is 666 g/mol. The lowest BCUT2D eigenvalue weighted by atomic mass is 9.89. The van der Waals surface area contributed by atoms with E-state index in [2.05, 4.69) is 5.32 Å².